The van der Waals surface area contributed by atoms with E-state index < -0.39 is 23.7 Å². The van der Waals surface area contributed by atoms with Gasteiger partial charge in [0.25, 0.3) is 0 Å². The number of rotatable bonds is 12. The maximum Gasteiger partial charge on any atom is 0.174 e. The van der Waals surface area contributed by atoms with Crippen molar-refractivity contribution < 1.29 is 14.4 Å². The van der Waals surface area contributed by atoms with Crippen LogP contribution in [0.3, 0.4) is 0 Å². The zero-order chi connectivity index (χ0) is 31.7. The van der Waals surface area contributed by atoms with Crippen molar-refractivity contribution >= 4 is 17.3 Å². The third-order valence-electron chi connectivity index (χ3n) is 8.65. The molecule has 2 atom stereocenters. The molecular weight excluding hydrogens is 564 g/mol. The van der Waals surface area contributed by atoms with Gasteiger partial charge >= 0.3 is 0 Å². The van der Waals surface area contributed by atoms with Gasteiger partial charge in [-0.2, -0.15) is 0 Å². The smallest absolute Gasteiger partial charge is 0.174 e. The minimum Gasteiger partial charge on any atom is -0.294 e. The van der Waals surface area contributed by atoms with E-state index in [1.165, 1.54) is 0 Å². The lowest BCUT2D eigenvalue weighted by molar-refractivity contribution is 0.0722. The molecule has 3 nitrogen and oxygen atoms in total. The number of carbonyl (C=O) groups is 3. The lowest BCUT2D eigenvalue weighted by Gasteiger charge is -2.37. The molecule has 0 spiro atoms. The Morgan fingerprint density at radius 3 is 0.957 bits per heavy atom. The molecule has 0 aromatic heterocycles. The summed E-state index contributed by atoms with van der Waals surface area (Å²) in [6.45, 7) is 0. The lowest BCUT2D eigenvalue weighted by atomic mass is 9.62. The summed E-state index contributed by atoms with van der Waals surface area (Å²) in [6, 6.07) is 56.6. The largest absolute Gasteiger partial charge is 0.294 e. The number of carbonyl (C=O) groups excluding carboxylic acids is 3. The predicted molar refractivity (Wildman–Crippen MR) is 183 cm³/mol. The highest BCUT2D eigenvalue weighted by Crippen LogP contribution is 2.47. The Morgan fingerprint density at radius 1 is 0.326 bits per heavy atom. The molecule has 6 rings (SSSR count). The molecule has 0 N–H and O–H groups in total. The number of hydrogen-bond donors (Lipinski definition) is 0. The van der Waals surface area contributed by atoms with E-state index >= 15 is 4.79 Å². The van der Waals surface area contributed by atoms with E-state index in [0.29, 0.717) is 16.7 Å². The minimum absolute atomic E-state index is 0.126. The van der Waals surface area contributed by atoms with Crippen molar-refractivity contribution in [2.75, 3.05) is 0 Å². The highest BCUT2D eigenvalue weighted by molar-refractivity contribution is 6.17. The molecule has 0 aliphatic carbocycles. The molecule has 0 unspecified atom stereocenters. The summed E-state index contributed by atoms with van der Waals surface area (Å²) in [5.74, 6) is -4.02. The molecule has 0 amide bonds. The van der Waals surface area contributed by atoms with Crippen LogP contribution in [0.2, 0.25) is 0 Å². The van der Waals surface area contributed by atoms with Crippen molar-refractivity contribution in [2.24, 2.45) is 11.8 Å². The van der Waals surface area contributed by atoms with Gasteiger partial charge in [-0.25, -0.2) is 0 Å². The van der Waals surface area contributed by atoms with Crippen LogP contribution in [-0.2, 0) is 0 Å². The summed E-state index contributed by atoms with van der Waals surface area (Å²) in [7, 11) is 0. The van der Waals surface area contributed by atoms with Crippen LogP contribution in [-0.4, -0.2) is 17.3 Å². The fraction of sp³-hybridized carbons (Fsp3) is 0.0930. The lowest BCUT2D eigenvalue weighted by Crippen LogP contribution is -2.40. The minimum atomic E-state index is -1.18. The van der Waals surface area contributed by atoms with E-state index in [9.17, 15) is 9.59 Å². The van der Waals surface area contributed by atoms with Crippen LogP contribution in [0, 0.1) is 11.8 Å². The van der Waals surface area contributed by atoms with Crippen LogP contribution in [0.4, 0.5) is 0 Å². The topological polar surface area (TPSA) is 51.2 Å². The maximum atomic E-state index is 15.1. The van der Waals surface area contributed by atoms with Gasteiger partial charge in [0.2, 0.25) is 0 Å². The molecule has 46 heavy (non-hydrogen) atoms. The van der Waals surface area contributed by atoms with E-state index in [4.69, 9.17) is 0 Å². The summed E-state index contributed by atoms with van der Waals surface area (Å²) in [4.78, 5) is 44.8. The standard InChI is InChI=1S/C43H34O3/c44-41(34-25-13-4-14-26-34)39(37(31-19-7-1-8-20-31)32-21-9-2-10-22-32)38(33-23-11-3-12-24-33)40(42(45)35-27-15-5-16-28-35)43(46)36-29-17-6-18-30-36/h1-30,37-40H/t38-,39-/m0/s1. The quantitative estimate of drug-likeness (QED) is 0.104. The van der Waals surface area contributed by atoms with Gasteiger partial charge in [0.15, 0.2) is 17.3 Å². The van der Waals surface area contributed by atoms with Crippen LogP contribution in [0.15, 0.2) is 182 Å². The first-order valence-electron chi connectivity index (χ1n) is 15.6. The molecular formula is C43H34O3. The average molecular weight is 599 g/mol. The Balaban J connectivity index is 1.67. The monoisotopic (exact) mass is 598 g/mol. The molecule has 224 valence electrons. The van der Waals surface area contributed by atoms with E-state index in [-0.39, 0.29) is 17.3 Å². The number of hydrogen-bond acceptors (Lipinski definition) is 3. The van der Waals surface area contributed by atoms with Crippen LogP contribution < -0.4 is 0 Å². The van der Waals surface area contributed by atoms with Gasteiger partial charge in [-0.1, -0.05) is 182 Å². The zero-order valence-corrected chi connectivity index (χ0v) is 25.4. The highest BCUT2D eigenvalue weighted by atomic mass is 16.2. The molecule has 6 aromatic rings. The molecule has 0 saturated heterocycles. The molecule has 0 aliphatic heterocycles. The number of benzene rings is 6. The zero-order valence-electron chi connectivity index (χ0n) is 25.4. The van der Waals surface area contributed by atoms with Crippen LogP contribution >= 0.6 is 0 Å². The second kappa shape index (κ2) is 14.4. The van der Waals surface area contributed by atoms with Gasteiger partial charge in [0, 0.05) is 34.4 Å². The summed E-state index contributed by atoms with van der Waals surface area (Å²) in [5, 5.41) is 0. The second-order valence-corrected chi connectivity index (χ2v) is 11.4. The van der Waals surface area contributed by atoms with Gasteiger partial charge in [-0.05, 0) is 16.7 Å². The summed E-state index contributed by atoms with van der Waals surface area (Å²) < 4.78 is 0. The third kappa shape index (κ3) is 6.55. The van der Waals surface area contributed by atoms with Gasteiger partial charge in [0.05, 0.1) is 5.92 Å². The second-order valence-electron chi connectivity index (χ2n) is 11.4. The van der Waals surface area contributed by atoms with Crippen molar-refractivity contribution in [2.45, 2.75) is 11.8 Å². The van der Waals surface area contributed by atoms with Crippen LogP contribution in [0.25, 0.3) is 0 Å². The summed E-state index contributed by atoms with van der Waals surface area (Å²) in [6.07, 6.45) is 0. The Hall–Kier alpha value is -5.67. The van der Waals surface area contributed by atoms with Crippen molar-refractivity contribution in [3.8, 4) is 0 Å². The summed E-state index contributed by atoms with van der Waals surface area (Å²) in [5.41, 5.74) is 4.01. The van der Waals surface area contributed by atoms with E-state index in [2.05, 4.69) is 0 Å². The van der Waals surface area contributed by atoms with E-state index in [1.807, 2.05) is 133 Å². The third-order valence-corrected chi connectivity index (χ3v) is 8.65. The van der Waals surface area contributed by atoms with Gasteiger partial charge in [-0.3, -0.25) is 14.4 Å². The molecule has 3 heteroatoms. The van der Waals surface area contributed by atoms with Crippen molar-refractivity contribution in [3.63, 3.8) is 0 Å². The van der Waals surface area contributed by atoms with Gasteiger partial charge in [0.1, 0.15) is 0 Å². The van der Waals surface area contributed by atoms with Crippen molar-refractivity contribution in [1.82, 2.24) is 0 Å². The van der Waals surface area contributed by atoms with Crippen LogP contribution in [0.5, 0.6) is 0 Å². The first-order valence-corrected chi connectivity index (χ1v) is 15.6. The SMILES string of the molecule is O=C(c1ccccc1)C(C(=O)c1ccccc1)[C@@H](c1ccccc1)[C@@H](C(=O)c1ccccc1)C(c1ccccc1)c1ccccc1. The van der Waals surface area contributed by atoms with Gasteiger partial charge < -0.3 is 0 Å². The number of Topliss-reactive ketones (excluding diaryl/α,β-unsaturated/α-hetero) is 3. The molecule has 0 aliphatic rings. The molecule has 0 heterocycles. The molecule has 0 fully saturated rings. The average Bonchev–Trinajstić information content (AvgIpc) is 3.14. The first kappa shape index (κ1) is 30.4. The Bertz CT molecular complexity index is 1780. The van der Waals surface area contributed by atoms with Gasteiger partial charge in [-0.15, -0.1) is 0 Å². The van der Waals surface area contributed by atoms with E-state index in [0.717, 1.165) is 16.7 Å². The molecule has 6 aromatic carbocycles. The Labute approximate surface area is 270 Å². The molecule has 0 saturated carbocycles. The Morgan fingerprint density at radius 2 is 0.609 bits per heavy atom. The predicted octanol–water partition coefficient (Wildman–Crippen LogP) is 9.48. The molecule has 0 bridgehead atoms. The highest BCUT2D eigenvalue weighted by Gasteiger charge is 2.47. The van der Waals surface area contributed by atoms with Crippen molar-refractivity contribution in [1.29, 1.82) is 0 Å². The van der Waals surface area contributed by atoms with E-state index in [1.54, 1.807) is 48.5 Å². The van der Waals surface area contributed by atoms with Crippen LogP contribution in [0.1, 0.15) is 59.6 Å². The first-order chi connectivity index (χ1) is 22.6. The number of ketones is 3. The molecule has 0 radical (unpaired) electrons. The Kier molecular flexibility index (Phi) is 9.51. The summed E-state index contributed by atoms with van der Waals surface area (Å²) >= 11 is 0. The fourth-order valence-corrected chi connectivity index (χ4v) is 6.54. The normalized spacial score (nSPS) is 12.4. The van der Waals surface area contributed by atoms with Crippen molar-refractivity contribution in [3.05, 3.63) is 215 Å². The fourth-order valence-electron chi connectivity index (χ4n) is 6.54. The maximum absolute atomic E-state index is 15.1.